The van der Waals surface area contributed by atoms with Crippen molar-refractivity contribution in [2.45, 2.75) is 38.1 Å². The number of anilines is 5. The number of carbonyl (C=O) groups excluding carboxylic acids is 1. The molecule has 1 amide bonds. The predicted molar refractivity (Wildman–Crippen MR) is 277 cm³/mol. The molecule has 4 aromatic carbocycles. The van der Waals surface area contributed by atoms with E-state index in [-0.39, 0.29) is 29.3 Å². The van der Waals surface area contributed by atoms with E-state index in [0.717, 1.165) is 52.5 Å². The van der Waals surface area contributed by atoms with Crippen LogP contribution in [0.25, 0.3) is 33.4 Å². The number of carbonyl (C=O) groups is 2. The number of aromatic nitrogens is 3. The van der Waals surface area contributed by atoms with Crippen LogP contribution in [0.5, 0.6) is 5.88 Å². The number of aromatic carboxylic acids is 1. The highest BCUT2D eigenvalue weighted by Crippen LogP contribution is 2.43. The van der Waals surface area contributed by atoms with Crippen molar-refractivity contribution in [3.05, 3.63) is 135 Å². The molecule has 18 nitrogen and oxygen atoms in total. The van der Waals surface area contributed by atoms with Crippen molar-refractivity contribution in [1.29, 1.82) is 0 Å². The monoisotopic (exact) mass is 1010 g/mol. The zero-order chi connectivity index (χ0) is 50.3. The largest absolute Gasteiger partial charge is 0.478 e. The third kappa shape index (κ3) is 9.37. The lowest BCUT2D eigenvalue weighted by Gasteiger charge is -2.38. The molecule has 2 fully saturated rings. The Balaban J connectivity index is 0.934. The first kappa shape index (κ1) is 48.0. The normalized spacial score (nSPS) is 15.3. The third-order valence-electron chi connectivity index (χ3n) is 13.8. The number of hydrogen-bond donors (Lipinski definition) is 4. The second kappa shape index (κ2) is 19.9. The zero-order valence-electron chi connectivity index (χ0n) is 39.6. The number of nitrogens with zero attached hydrogens (tertiary/aromatic N) is 6. The number of halogens is 1. The van der Waals surface area contributed by atoms with E-state index in [4.69, 9.17) is 21.1 Å². The number of benzene rings is 4. The zero-order valence-corrected chi connectivity index (χ0v) is 41.1. The number of carboxylic acid groups (broad SMARTS) is 1. The standard InChI is InChI=1S/C52H52ClN9O9S/c1-3-60-32(2)46(52(64)65)47(48(60)34-7-9-37(53)10-8-34)35-5-4-6-38(27-35)58-19-21-59(22-20-58)39-11-13-41(43(29-39)61-23-26-71-51-45(61)28-36-15-18-54-49(36)56-51)50(63)57-72(68,69)40-12-14-42(44(30-40)62(66)67)55-31-33-16-24-70-25-17-33/h4-15,18,27-30,33,55H,3,16-17,19-26,31H2,1-2H3,(H,54,56)(H,57,63)(H,64,65). The second-order valence-corrected chi connectivity index (χ2v) is 20.1. The maximum atomic E-state index is 14.4. The molecule has 0 unspecified atom stereocenters. The summed E-state index contributed by atoms with van der Waals surface area (Å²) in [6, 6.07) is 28.0. The second-order valence-electron chi connectivity index (χ2n) is 18.0. The van der Waals surface area contributed by atoms with Gasteiger partial charge in [-0.2, -0.15) is 4.98 Å². The molecule has 0 saturated carbocycles. The van der Waals surface area contributed by atoms with Crippen molar-refractivity contribution < 1.29 is 37.5 Å². The van der Waals surface area contributed by atoms with Gasteiger partial charge in [-0.25, -0.2) is 17.9 Å². The molecule has 0 spiro atoms. The highest BCUT2D eigenvalue weighted by atomic mass is 35.5. The molecule has 0 aliphatic carbocycles. The summed E-state index contributed by atoms with van der Waals surface area (Å²) in [5, 5.41) is 27.3. The fourth-order valence-corrected chi connectivity index (χ4v) is 11.2. The maximum Gasteiger partial charge on any atom is 0.338 e. The minimum atomic E-state index is -4.62. The first-order valence-corrected chi connectivity index (χ1v) is 25.7. The van der Waals surface area contributed by atoms with Gasteiger partial charge in [-0.05, 0) is 110 Å². The number of nitro benzene ring substituents is 1. The number of sulfonamides is 1. The smallest absolute Gasteiger partial charge is 0.338 e. The highest BCUT2D eigenvalue weighted by molar-refractivity contribution is 7.90. The molecule has 0 bridgehead atoms. The number of H-pyrrole nitrogens is 1. The van der Waals surface area contributed by atoms with Crippen LogP contribution < -0.4 is 29.5 Å². The van der Waals surface area contributed by atoms with E-state index in [1.807, 2.05) is 77.9 Å². The van der Waals surface area contributed by atoms with Crippen LogP contribution in [0.2, 0.25) is 5.02 Å². The van der Waals surface area contributed by atoms with Gasteiger partial charge in [0, 0.05) is 97.8 Å². The number of nitro groups is 1. The van der Waals surface area contributed by atoms with Crippen LogP contribution in [-0.2, 0) is 21.3 Å². The summed E-state index contributed by atoms with van der Waals surface area (Å²) in [5.74, 6) is -1.34. The van der Waals surface area contributed by atoms with Crippen molar-refractivity contribution in [1.82, 2.24) is 19.3 Å². The molecule has 372 valence electrons. The number of piperazine rings is 1. The summed E-state index contributed by atoms with van der Waals surface area (Å²) < 4.78 is 43.6. The molecule has 3 aliphatic heterocycles. The van der Waals surface area contributed by atoms with Crippen molar-refractivity contribution in [3.63, 3.8) is 0 Å². The van der Waals surface area contributed by atoms with Crippen molar-refractivity contribution in [2.24, 2.45) is 5.92 Å². The van der Waals surface area contributed by atoms with Gasteiger partial charge in [0.2, 0.25) is 5.88 Å². The van der Waals surface area contributed by atoms with Crippen LogP contribution in [0.1, 0.15) is 46.2 Å². The lowest BCUT2D eigenvalue weighted by Crippen LogP contribution is -2.46. The van der Waals surface area contributed by atoms with E-state index < -0.39 is 37.4 Å². The van der Waals surface area contributed by atoms with Crippen molar-refractivity contribution in [2.75, 3.05) is 79.1 Å². The van der Waals surface area contributed by atoms with Crippen LogP contribution in [-0.4, -0.2) is 104 Å². The van der Waals surface area contributed by atoms with E-state index in [9.17, 15) is 33.2 Å². The fourth-order valence-electron chi connectivity index (χ4n) is 10.1. The Kier molecular flexibility index (Phi) is 13.3. The average molecular weight is 1010 g/mol. The Morgan fingerprint density at radius 1 is 0.889 bits per heavy atom. The van der Waals surface area contributed by atoms with Gasteiger partial charge in [-0.15, -0.1) is 0 Å². The number of carboxylic acids is 1. The first-order chi connectivity index (χ1) is 34.8. The van der Waals surface area contributed by atoms with E-state index >= 15 is 0 Å². The lowest BCUT2D eigenvalue weighted by atomic mass is 9.96. The number of aromatic amines is 1. The Hall–Kier alpha value is -7.61. The number of ether oxygens (including phenoxy) is 2. The van der Waals surface area contributed by atoms with E-state index in [1.165, 1.54) is 12.1 Å². The molecule has 72 heavy (non-hydrogen) atoms. The minimum Gasteiger partial charge on any atom is -0.478 e. The Bertz CT molecular complexity index is 3350. The van der Waals surface area contributed by atoms with Crippen LogP contribution >= 0.6 is 11.6 Å². The van der Waals surface area contributed by atoms with Crippen molar-refractivity contribution >= 4 is 78.7 Å². The van der Waals surface area contributed by atoms with Gasteiger partial charge in [0.15, 0.2) is 0 Å². The van der Waals surface area contributed by atoms with Crippen LogP contribution in [0.15, 0.2) is 108 Å². The summed E-state index contributed by atoms with van der Waals surface area (Å²) in [5.41, 5.74) is 7.12. The Labute approximate surface area is 420 Å². The molecule has 20 heteroatoms. The summed E-state index contributed by atoms with van der Waals surface area (Å²) >= 11 is 6.27. The van der Waals surface area contributed by atoms with Gasteiger partial charge in [-0.3, -0.25) is 14.9 Å². The number of amides is 1. The molecular formula is C52H52ClN9O9S. The number of pyridine rings is 1. The topological polar surface area (TPSA) is 217 Å². The number of hydrogen-bond acceptors (Lipinski definition) is 13. The van der Waals surface area contributed by atoms with Crippen LogP contribution in [0, 0.1) is 23.0 Å². The van der Waals surface area contributed by atoms with Crippen molar-refractivity contribution in [3.8, 4) is 28.3 Å². The van der Waals surface area contributed by atoms with E-state index in [2.05, 4.69) is 29.8 Å². The summed E-state index contributed by atoms with van der Waals surface area (Å²) in [4.78, 5) is 52.6. The predicted octanol–water partition coefficient (Wildman–Crippen LogP) is 9.10. The molecule has 4 N–H and O–H groups in total. The molecule has 3 aliphatic rings. The van der Waals surface area contributed by atoms with E-state index in [0.29, 0.717) is 98.2 Å². The lowest BCUT2D eigenvalue weighted by molar-refractivity contribution is -0.384. The van der Waals surface area contributed by atoms with Gasteiger partial charge < -0.3 is 44.1 Å². The number of rotatable bonds is 14. The molecule has 0 radical (unpaired) electrons. The van der Waals surface area contributed by atoms with E-state index in [1.54, 1.807) is 30.5 Å². The quantitative estimate of drug-likeness (QED) is 0.0590. The van der Waals surface area contributed by atoms with Gasteiger partial charge in [-0.1, -0.05) is 35.9 Å². The van der Waals surface area contributed by atoms with Gasteiger partial charge in [0.25, 0.3) is 21.6 Å². The molecule has 7 aromatic rings. The first-order valence-electron chi connectivity index (χ1n) is 23.8. The summed E-state index contributed by atoms with van der Waals surface area (Å²) in [6.45, 7) is 8.99. The minimum absolute atomic E-state index is 0.0508. The van der Waals surface area contributed by atoms with Gasteiger partial charge >= 0.3 is 5.97 Å². The Morgan fingerprint density at radius 2 is 1.62 bits per heavy atom. The molecule has 6 heterocycles. The maximum absolute atomic E-state index is 14.4. The van der Waals surface area contributed by atoms with Crippen LogP contribution in [0.4, 0.5) is 34.1 Å². The van der Waals surface area contributed by atoms with Gasteiger partial charge in [0.1, 0.15) is 23.6 Å². The number of nitrogens with one attached hydrogen (secondary N) is 3. The molecule has 10 rings (SSSR count). The molecule has 2 saturated heterocycles. The number of fused-ring (bicyclic) bond motifs is 2. The SMILES string of the molecule is CCn1c(C)c(C(=O)O)c(-c2cccc(N3CCN(c4ccc(C(=O)NS(=O)(=O)c5ccc(NCC6CCOCC6)c([N+](=O)[O-])c5)c(N5CCOc6nc7[nH]ccc7cc65)c4)CC3)c2)c1-c1ccc(Cl)cc1. The summed E-state index contributed by atoms with van der Waals surface area (Å²) in [7, 11) is -4.62. The molecule has 3 aromatic heterocycles. The Morgan fingerprint density at radius 3 is 2.33 bits per heavy atom. The highest BCUT2D eigenvalue weighted by Gasteiger charge is 2.32. The molecular weight excluding hydrogens is 962 g/mol. The fraction of sp³-hybridized carbons (Fsp3) is 0.288. The summed E-state index contributed by atoms with van der Waals surface area (Å²) in [6.07, 6.45) is 3.38. The third-order valence-corrected chi connectivity index (χ3v) is 15.4. The average Bonchev–Trinajstić information content (AvgIpc) is 3.98. The van der Waals surface area contributed by atoms with Gasteiger partial charge in [0.05, 0.1) is 38.9 Å². The van der Waals surface area contributed by atoms with Crippen LogP contribution in [0.3, 0.4) is 0 Å². The molecule has 0 atom stereocenters.